The summed E-state index contributed by atoms with van der Waals surface area (Å²) in [5.41, 5.74) is -0.385. The fourth-order valence-corrected chi connectivity index (χ4v) is 1.16. The molecule has 0 atom stereocenters. The first-order valence-electron chi connectivity index (χ1n) is 4.79. The first kappa shape index (κ1) is 12.2. The largest absolute Gasteiger partial charge is 0.338 e. The standard InChI is InChI=1S/C9H14N4O3/c1-6(2)12(4)9(14)8-7(13(15)16)5-11(3)10-8/h5-6H,1-4H3. The van der Waals surface area contributed by atoms with E-state index in [9.17, 15) is 14.9 Å². The molecule has 1 rings (SSSR count). The molecule has 88 valence electrons. The van der Waals surface area contributed by atoms with E-state index < -0.39 is 10.8 Å². The average molecular weight is 226 g/mol. The van der Waals surface area contributed by atoms with E-state index in [0.717, 1.165) is 0 Å². The van der Waals surface area contributed by atoms with Gasteiger partial charge in [-0.15, -0.1) is 0 Å². The van der Waals surface area contributed by atoms with Gasteiger partial charge in [-0.25, -0.2) is 0 Å². The van der Waals surface area contributed by atoms with E-state index in [0.29, 0.717) is 0 Å². The Labute approximate surface area is 92.8 Å². The smallest absolute Gasteiger partial charge is 0.320 e. The van der Waals surface area contributed by atoms with Crippen LogP contribution in [0.3, 0.4) is 0 Å². The van der Waals surface area contributed by atoms with Gasteiger partial charge in [0, 0.05) is 20.1 Å². The molecule has 1 heterocycles. The summed E-state index contributed by atoms with van der Waals surface area (Å²) in [4.78, 5) is 23.4. The fraction of sp³-hybridized carbons (Fsp3) is 0.556. The molecule has 0 radical (unpaired) electrons. The molecule has 0 aliphatic heterocycles. The highest BCUT2D eigenvalue weighted by molar-refractivity contribution is 5.96. The maximum atomic E-state index is 11.9. The second-order valence-electron chi connectivity index (χ2n) is 3.80. The molecule has 0 aliphatic rings. The Hall–Kier alpha value is -1.92. The number of hydrogen-bond acceptors (Lipinski definition) is 4. The van der Waals surface area contributed by atoms with Gasteiger partial charge in [-0.1, -0.05) is 0 Å². The summed E-state index contributed by atoms with van der Waals surface area (Å²) >= 11 is 0. The molecule has 16 heavy (non-hydrogen) atoms. The third-order valence-electron chi connectivity index (χ3n) is 2.30. The molecule has 0 fully saturated rings. The van der Waals surface area contributed by atoms with Crippen molar-refractivity contribution in [1.29, 1.82) is 0 Å². The number of nitro groups is 1. The summed E-state index contributed by atoms with van der Waals surface area (Å²) in [7, 11) is 3.13. The summed E-state index contributed by atoms with van der Waals surface area (Å²) in [6, 6.07) is -0.0332. The van der Waals surface area contributed by atoms with Crippen LogP contribution in [0.1, 0.15) is 24.3 Å². The van der Waals surface area contributed by atoms with E-state index in [1.165, 1.54) is 15.8 Å². The van der Waals surface area contributed by atoms with Crippen molar-refractivity contribution in [3.8, 4) is 0 Å². The Morgan fingerprint density at radius 3 is 2.62 bits per heavy atom. The van der Waals surface area contributed by atoms with Crippen LogP contribution in [-0.2, 0) is 7.05 Å². The number of hydrogen-bond donors (Lipinski definition) is 0. The van der Waals surface area contributed by atoms with Crippen LogP contribution in [0.4, 0.5) is 5.69 Å². The highest BCUT2D eigenvalue weighted by Gasteiger charge is 2.28. The SMILES string of the molecule is CC(C)N(C)C(=O)c1nn(C)cc1[N+](=O)[O-]. The predicted molar refractivity (Wildman–Crippen MR) is 57.1 cm³/mol. The summed E-state index contributed by atoms with van der Waals surface area (Å²) in [5, 5.41) is 14.5. The van der Waals surface area contributed by atoms with Gasteiger partial charge in [0.2, 0.25) is 5.69 Å². The first-order valence-corrected chi connectivity index (χ1v) is 4.79. The summed E-state index contributed by atoms with van der Waals surface area (Å²) in [6.45, 7) is 3.65. The van der Waals surface area contributed by atoms with Gasteiger partial charge in [0.15, 0.2) is 0 Å². The van der Waals surface area contributed by atoms with E-state index >= 15 is 0 Å². The van der Waals surface area contributed by atoms with E-state index in [1.807, 2.05) is 13.8 Å². The lowest BCUT2D eigenvalue weighted by molar-refractivity contribution is -0.385. The third-order valence-corrected chi connectivity index (χ3v) is 2.30. The van der Waals surface area contributed by atoms with Gasteiger partial charge in [-0.3, -0.25) is 19.6 Å². The highest BCUT2D eigenvalue weighted by Crippen LogP contribution is 2.18. The number of amides is 1. The molecule has 0 aromatic carbocycles. The van der Waals surface area contributed by atoms with Crippen molar-refractivity contribution in [2.45, 2.75) is 19.9 Å². The van der Waals surface area contributed by atoms with Crippen molar-refractivity contribution in [2.24, 2.45) is 7.05 Å². The zero-order chi connectivity index (χ0) is 12.5. The summed E-state index contributed by atoms with van der Waals surface area (Å²) in [6.07, 6.45) is 1.22. The van der Waals surface area contributed by atoms with Gasteiger partial charge in [-0.2, -0.15) is 5.10 Å². The molecule has 0 N–H and O–H groups in total. The van der Waals surface area contributed by atoms with E-state index in [1.54, 1.807) is 14.1 Å². The van der Waals surface area contributed by atoms with Crippen molar-refractivity contribution in [3.05, 3.63) is 22.0 Å². The van der Waals surface area contributed by atoms with Crippen molar-refractivity contribution in [3.63, 3.8) is 0 Å². The maximum absolute atomic E-state index is 11.9. The monoisotopic (exact) mass is 226 g/mol. The maximum Gasteiger partial charge on any atom is 0.320 e. The third kappa shape index (κ3) is 2.18. The molecule has 1 aromatic heterocycles. The molecule has 1 amide bonds. The fourth-order valence-electron chi connectivity index (χ4n) is 1.16. The van der Waals surface area contributed by atoms with Crippen LogP contribution in [0, 0.1) is 10.1 Å². The van der Waals surface area contributed by atoms with Crippen LogP contribution in [0.15, 0.2) is 6.20 Å². The minimum atomic E-state index is -0.603. The minimum absolute atomic E-state index is 0.0332. The molecule has 7 nitrogen and oxygen atoms in total. The zero-order valence-corrected chi connectivity index (χ0v) is 9.67. The molecule has 0 bridgehead atoms. The Bertz CT molecular complexity index is 424. The van der Waals surface area contributed by atoms with Crippen LogP contribution in [0.5, 0.6) is 0 Å². The van der Waals surface area contributed by atoms with Gasteiger partial charge in [-0.05, 0) is 13.8 Å². The normalized spacial score (nSPS) is 10.6. The highest BCUT2D eigenvalue weighted by atomic mass is 16.6. The predicted octanol–water partition coefficient (Wildman–Crippen LogP) is 0.809. The van der Waals surface area contributed by atoms with E-state index in [-0.39, 0.29) is 17.4 Å². The molecule has 7 heteroatoms. The Balaban J connectivity index is 3.13. The summed E-state index contributed by atoms with van der Waals surface area (Å²) in [5.74, 6) is -0.442. The molecule has 1 aromatic rings. The lowest BCUT2D eigenvalue weighted by Crippen LogP contribution is -2.33. The van der Waals surface area contributed by atoms with Crippen molar-refractivity contribution in [1.82, 2.24) is 14.7 Å². The Morgan fingerprint density at radius 2 is 2.19 bits per heavy atom. The second kappa shape index (κ2) is 4.30. The number of nitrogens with zero attached hydrogens (tertiary/aromatic N) is 4. The van der Waals surface area contributed by atoms with Gasteiger partial charge in [0.25, 0.3) is 5.91 Å². The van der Waals surface area contributed by atoms with Crippen LogP contribution >= 0.6 is 0 Å². The minimum Gasteiger partial charge on any atom is -0.338 e. The number of aromatic nitrogens is 2. The van der Waals surface area contributed by atoms with Gasteiger partial charge in [0.1, 0.15) is 6.20 Å². The lowest BCUT2D eigenvalue weighted by Gasteiger charge is -2.19. The summed E-state index contributed by atoms with van der Waals surface area (Å²) < 4.78 is 1.26. The molecule has 0 saturated carbocycles. The number of carbonyl (C=O) groups excluding carboxylic acids is 1. The molecule has 0 saturated heterocycles. The van der Waals surface area contributed by atoms with Gasteiger partial charge in [0.05, 0.1) is 4.92 Å². The van der Waals surface area contributed by atoms with Crippen LogP contribution in [0.2, 0.25) is 0 Å². The topological polar surface area (TPSA) is 81.3 Å². The Kier molecular flexibility index (Phi) is 3.26. The van der Waals surface area contributed by atoms with E-state index in [2.05, 4.69) is 5.10 Å². The van der Waals surface area contributed by atoms with Crippen LogP contribution in [0.25, 0.3) is 0 Å². The van der Waals surface area contributed by atoms with Crippen molar-refractivity contribution < 1.29 is 9.72 Å². The van der Waals surface area contributed by atoms with Crippen molar-refractivity contribution in [2.75, 3.05) is 7.05 Å². The van der Waals surface area contributed by atoms with Crippen LogP contribution < -0.4 is 0 Å². The van der Waals surface area contributed by atoms with Crippen molar-refractivity contribution >= 4 is 11.6 Å². The quantitative estimate of drug-likeness (QED) is 0.564. The van der Waals surface area contributed by atoms with E-state index in [4.69, 9.17) is 0 Å². The number of aryl methyl sites for hydroxylation is 1. The Morgan fingerprint density at radius 1 is 1.62 bits per heavy atom. The molecular formula is C9H14N4O3. The first-order chi connectivity index (χ1) is 7.34. The van der Waals surface area contributed by atoms with Gasteiger partial charge < -0.3 is 4.90 Å². The van der Waals surface area contributed by atoms with Gasteiger partial charge >= 0.3 is 5.69 Å². The zero-order valence-electron chi connectivity index (χ0n) is 9.67. The second-order valence-corrected chi connectivity index (χ2v) is 3.80. The molecular weight excluding hydrogens is 212 g/mol. The lowest BCUT2D eigenvalue weighted by atomic mass is 10.3. The van der Waals surface area contributed by atoms with Crippen LogP contribution in [-0.4, -0.2) is 38.6 Å². The average Bonchev–Trinajstić information content (AvgIpc) is 2.58. The number of rotatable bonds is 3. The molecule has 0 unspecified atom stereocenters. The molecule has 0 aliphatic carbocycles. The molecule has 0 spiro atoms. The number of carbonyl (C=O) groups is 1.